The first kappa shape index (κ1) is 24.3. The molecule has 0 spiro atoms. The third kappa shape index (κ3) is 4.60. The van der Waals surface area contributed by atoms with Gasteiger partial charge in [-0.05, 0) is 44.9 Å². The van der Waals surface area contributed by atoms with Crippen molar-refractivity contribution < 1.29 is 13.6 Å². The molecule has 0 aliphatic carbocycles. The number of rotatable bonds is 6. The number of hydrogen-bond acceptors (Lipinski definition) is 4. The van der Waals surface area contributed by atoms with Gasteiger partial charge in [-0.1, -0.05) is 54.1 Å². The van der Waals surface area contributed by atoms with Crippen molar-refractivity contribution in [2.45, 2.75) is 40.7 Å². The first-order valence-electron chi connectivity index (χ1n) is 11.9. The van der Waals surface area contributed by atoms with E-state index in [-0.39, 0.29) is 16.9 Å². The van der Waals surface area contributed by atoms with Gasteiger partial charge in [-0.25, -0.2) is 18.3 Å². The summed E-state index contributed by atoms with van der Waals surface area (Å²) in [7, 11) is 0. The summed E-state index contributed by atoms with van der Waals surface area (Å²) >= 11 is 0. The molecule has 37 heavy (non-hydrogen) atoms. The molecule has 0 saturated heterocycles. The summed E-state index contributed by atoms with van der Waals surface area (Å²) in [6, 6.07) is 16.8. The van der Waals surface area contributed by atoms with E-state index in [4.69, 9.17) is 0 Å². The highest BCUT2D eigenvalue weighted by molar-refractivity contribution is 6.08. The predicted molar refractivity (Wildman–Crippen MR) is 138 cm³/mol. The van der Waals surface area contributed by atoms with Crippen molar-refractivity contribution in [3.05, 3.63) is 100 Å². The van der Waals surface area contributed by atoms with Crippen molar-refractivity contribution in [2.75, 3.05) is 5.32 Å². The molecule has 188 valence electrons. The summed E-state index contributed by atoms with van der Waals surface area (Å²) in [4.78, 5) is 17.9. The summed E-state index contributed by atoms with van der Waals surface area (Å²) in [5.74, 6) is -0.495. The molecule has 7 nitrogen and oxygen atoms in total. The molecule has 0 saturated carbocycles. The Hall–Kier alpha value is -4.40. The Morgan fingerprint density at radius 3 is 2.46 bits per heavy atom. The zero-order valence-corrected chi connectivity index (χ0v) is 21.0. The standard InChI is InChI=1S/C28H26F2N6O/c1-16-9-11-20(12-10-16)23-13-24(26(29)30)36-27(32-23)22(14-31-36)28(37)33-25-18(3)34-35(19(25)4)15-21-8-6-5-7-17(21)2/h5-14,26H,15H2,1-4H3,(H,33,37). The van der Waals surface area contributed by atoms with Crippen LogP contribution in [-0.4, -0.2) is 30.3 Å². The highest BCUT2D eigenvalue weighted by Gasteiger charge is 2.23. The first-order chi connectivity index (χ1) is 17.7. The molecule has 2 aromatic carbocycles. The van der Waals surface area contributed by atoms with Crippen LogP contribution in [0, 0.1) is 27.7 Å². The zero-order chi connectivity index (χ0) is 26.3. The molecular weight excluding hydrogens is 474 g/mol. The average Bonchev–Trinajstić information content (AvgIpc) is 3.41. The van der Waals surface area contributed by atoms with E-state index < -0.39 is 12.3 Å². The maximum Gasteiger partial charge on any atom is 0.280 e. The minimum absolute atomic E-state index is 0.0634. The second-order valence-electron chi connectivity index (χ2n) is 9.11. The number of fused-ring (bicyclic) bond motifs is 1. The van der Waals surface area contributed by atoms with Gasteiger partial charge in [-0.15, -0.1) is 0 Å². The maximum absolute atomic E-state index is 13.9. The topological polar surface area (TPSA) is 77.1 Å². The summed E-state index contributed by atoms with van der Waals surface area (Å²) in [5.41, 5.74) is 6.16. The number of alkyl halides is 2. The molecule has 9 heteroatoms. The Kier molecular flexibility index (Phi) is 6.29. The third-order valence-corrected chi connectivity index (χ3v) is 6.52. The molecule has 1 N–H and O–H groups in total. The van der Waals surface area contributed by atoms with Gasteiger partial charge in [0.25, 0.3) is 12.3 Å². The van der Waals surface area contributed by atoms with Gasteiger partial charge in [0.15, 0.2) is 5.65 Å². The number of hydrogen-bond donors (Lipinski definition) is 1. The van der Waals surface area contributed by atoms with E-state index in [0.29, 0.717) is 29.2 Å². The number of nitrogens with one attached hydrogen (secondary N) is 1. The Morgan fingerprint density at radius 2 is 1.76 bits per heavy atom. The number of halogens is 2. The van der Waals surface area contributed by atoms with Gasteiger partial charge < -0.3 is 5.32 Å². The monoisotopic (exact) mass is 500 g/mol. The van der Waals surface area contributed by atoms with Gasteiger partial charge in [0.1, 0.15) is 11.3 Å². The van der Waals surface area contributed by atoms with Crippen LogP contribution in [-0.2, 0) is 6.54 Å². The predicted octanol–water partition coefficient (Wildman–Crippen LogP) is 6.06. The van der Waals surface area contributed by atoms with Crippen molar-refractivity contribution in [1.82, 2.24) is 24.4 Å². The number of aryl methyl sites for hydroxylation is 3. The highest BCUT2D eigenvalue weighted by atomic mass is 19.3. The fourth-order valence-electron chi connectivity index (χ4n) is 4.34. The minimum Gasteiger partial charge on any atom is -0.319 e. The van der Waals surface area contributed by atoms with E-state index >= 15 is 0 Å². The van der Waals surface area contributed by atoms with Crippen molar-refractivity contribution in [1.29, 1.82) is 0 Å². The lowest BCUT2D eigenvalue weighted by Gasteiger charge is -2.10. The number of benzene rings is 2. The quantitative estimate of drug-likeness (QED) is 0.307. The molecule has 1 amide bonds. The first-order valence-corrected chi connectivity index (χ1v) is 11.9. The number of anilines is 1. The van der Waals surface area contributed by atoms with Crippen LogP contribution in [0.3, 0.4) is 0 Å². The molecule has 0 aliphatic rings. The minimum atomic E-state index is -2.80. The lowest BCUT2D eigenvalue weighted by Crippen LogP contribution is -2.14. The molecule has 0 bridgehead atoms. The molecule has 5 rings (SSSR count). The average molecular weight is 501 g/mol. The van der Waals surface area contributed by atoms with Crippen molar-refractivity contribution in [2.24, 2.45) is 0 Å². The largest absolute Gasteiger partial charge is 0.319 e. The van der Waals surface area contributed by atoms with Gasteiger partial charge >= 0.3 is 0 Å². The van der Waals surface area contributed by atoms with Crippen molar-refractivity contribution in [3.8, 4) is 11.3 Å². The molecular formula is C28H26F2N6O. The van der Waals surface area contributed by atoms with E-state index in [1.807, 2.05) is 80.9 Å². The van der Waals surface area contributed by atoms with E-state index in [1.165, 1.54) is 12.3 Å². The Labute approximate surface area is 212 Å². The number of aromatic nitrogens is 5. The molecule has 5 aromatic rings. The maximum atomic E-state index is 13.9. The van der Waals surface area contributed by atoms with Crippen LogP contribution in [0.5, 0.6) is 0 Å². The summed E-state index contributed by atoms with van der Waals surface area (Å²) in [6.07, 6.45) is -1.53. The van der Waals surface area contributed by atoms with E-state index in [9.17, 15) is 13.6 Å². The Bertz CT molecular complexity index is 1620. The number of nitrogens with zero attached hydrogens (tertiary/aromatic N) is 5. The molecule has 0 fully saturated rings. The van der Waals surface area contributed by atoms with E-state index in [2.05, 4.69) is 20.5 Å². The molecule has 0 radical (unpaired) electrons. The normalized spacial score (nSPS) is 11.4. The van der Waals surface area contributed by atoms with Gasteiger partial charge in [0.05, 0.1) is 35.5 Å². The van der Waals surface area contributed by atoms with Crippen molar-refractivity contribution in [3.63, 3.8) is 0 Å². The lowest BCUT2D eigenvalue weighted by molar-refractivity contribution is 0.102. The van der Waals surface area contributed by atoms with Crippen LogP contribution in [0.25, 0.3) is 16.9 Å². The zero-order valence-electron chi connectivity index (χ0n) is 21.0. The fraction of sp³-hybridized carbons (Fsp3) is 0.214. The van der Waals surface area contributed by atoms with Crippen LogP contribution in [0.2, 0.25) is 0 Å². The van der Waals surface area contributed by atoms with Gasteiger partial charge in [-0.3, -0.25) is 9.48 Å². The third-order valence-electron chi connectivity index (χ3n) is 6.52. The van der Waals surface area contributed by atoms with Gasteiger partial charge in [0.2, 0.25) is 0 Å². The van der Waals surface area contributed by atoms with Crippen LogP contribution in [0.1, 0.15) is 50.6 Å². The Morgan fingerprint density at radius 1 is 1.03 bits per heavy atom. The summed E-state index contributed by atoms with van der Waals surface area (Å²) in [5, 5.41) is 11.6. The summed E-state index contributed by atoms with van der Waals surface area (Å²) < 4.78 is 30.7. The SMILES string of the molecule is Cc1ccc(-c2cc(C(F)F)n3ncc(C(=O)Nc4c(C)nn(Cc5ccccc5C)c4C)c3n2)cc1. The number of carbonyl (C=O) groups is 1. The molecule has 3 aromatic heterocycles. The van der Waals surface area contributed by atoms with Gasteiger partial charge in [-0.2, -0.15) is 10.2 Å². The van der Waals surface area contributed by atoms with E-state index in [0.717, 1.165) is 26.9 Å². The van der Waals surface area contributed by atoms with Gasteiger partial charge in [0, 0.05) is 5.56 Å². The Balaban J connectivity index is 1.51. The molecule has 0 aliphatic heterocycles. The summed E-state index contributed by atoms with van der Waals surface area (Å²) in [6.45, 7) is 8.24. The lowest BCUT2D eigenvalue weighted by atomic mass is 10.1. The smallest absolute Gasteiger partial charge is 0.280 e. The number of amides is 1. The van der Waals surface area contributed by atoms with Crippen LogP contribution in [0.15, 0.2) is 60.8 Å². The van der Waals surface area contributed by atoms with Crippen LogP contribution < -0.4 is 5.32 Å². The fourth-order valence-corrected chi connectivity index (χ4v) is 4.34. The second kappa shape index (κ2) is 9.57. The highest BCUT2D eigenvalue weighted by Crippen LogP contribution is 2.28. The van der Waals surface area contributed by atoms with E-state index in [1.54, 1.807) is 0 Å². The number of carbonyl (C=O) groups excluding carboxylic acids is 1. The van der Waals surface area contributed by atoms with Crippen LogP contribution >= 0.6 is 0 Å². The second-order valence-corrected chi connectivity index (χ2v) is 9.11. The molecule has 0 unspecified atom stereocenters. The molecule has 3 heterocycles. The molecule has 0 atom stereocenters. The van der Waals surface area contributed by atoms with Crippen LogP contribution in [0.4, 0.5) is 14.5 Å². The van der Waals surface area contributed by atoms with Crippen molar-refractivity contribution >= 4 is 17.2 Å².